The minimum absolute atomic E-state index is 0.300. The van der Waals surface area contributed by atoms with Crippen LogP contribution in [0.5, 0.6) is 0 Å². The highest BCUT2D eigenvalue weighted by atomic mass is 15.0. The average Bonchev–Trinajstić information content (AvgIpc) is 2.88. The van der Waals surface area contributed by atoms with Crippen molar-refractivity contribution in [2.75, 3.05) is 0 Å². The summed E-state index contributed by atoms with van der Waals surface area (Å²) in [5, 5.41) is 0. The van der Waals surface area contributed by atoms with Gasteiger partial charge in [0.25, 0.3) is 0 Å². The molecule has 1 aromatic heterocycles. The normalized spacial score (nSPS) is 25.9. The van der Waals surface area contributed by atoms with Crippen LogP contribution < -0.4 is 5.73 Å². The lowest BCUT2D eigenvalue weighted by molar-refractivity contribution is 0.457. The van der Waals surface area contributed by atoms with Gasteiger partial charge in [0, 0.05) is 25.0 Å². The zero-order valence-corrected chi connectivity index (χ0v) is 9.99. The minimum atomic E-state index is 0.300. The summed E-state index contributed by atoms with van der Waals surface area (Å²) in [5.41, 5.74) is 9.09. The molecule has 0 aliphatic heterocycles. The molecule has 0 saturated heterocycles. The fourth-order valence-corrected chi connectivity index (χ4v) is 3.38. The quantitative estimate of drug-likeness (QED) is 0.812. The first-order valence-electron chi connectivity index (χ1n) is 6.77. The van der Waals surface area contributed by atoms with E-state index in [0.29, 0.717) is 6.04 Å². The topological polar surface area (TPSA) is 30.9 Å². The Morgan fingerprint density at radius 1 is 1.12 bits per heavy atom. The van der Waals surface area contributed by atoms with Crippen molar-refractivity contribution < 1.29 is 0 Å². The van der Waals surface area contributed by atoms with Crippen molar-refractivity contribution in [1.82, 2.24) is 4.57 Å². The minimum Gasteiger partial charge on any atom is -0.353 e. The van der Waals surface area contributed by atoms with Gasteiger partial charge in [0.05, 0.1) is 0 Å². The molecule has 16 heavy (non-hydrogen) atoms. The van der Waals surface area contributed by atoms with E-state index in [1.54, 1.807) is 0 Å². The van der Waals surface area contributed by atoms with Crippen molar-refractivity contribution in [2.24, 2.45) is 11.7 Å². The summed E-state index contributed by atoms with van der Waals surface area (Å²) in [6, 6.07) is 0.300. The third-order valence-electron chi connectivity index (χ3n) is 4.30. The predicted octanol–water partition coefficient (Wildman–Crippen LogP) is 3.01. The fraction of sp³-hybridized carbons (Fsp3) is 0.714. The standard InChI is InChI=1S/C14H22N2/c15-14-7-3-6-12-9-16(10-13(12)14)8-11-4-1-2-5-11/h9-11,14H,1-8,15H2. The van der Waals surface area contributed by atoms with E-state index in [2.05, 4.69) is 17.0 Å². The number of hydrogen-bond donors (Lipinski definition) is 1. The van der Waals surface area contributed by atoms with Crippen LogP contribution in [-0.4, -0.2) is 4.57 Å². The first kappa shape index (κ1) is 10.4. The Labute approximate surface area is 97.8 Å². The summed E-state index contributed by atoms with van der Waals surface area (Å²) in [4.78, 5) is 0. The van der Waals surface area contributed by atoms with Crippen molar-refractivity contribution in [2.45, 2.75) is 57.5 Å². The molecule has 0 amide bonds. The van der Waals surface area contributed by atoms with Crippen LogP contribution in [0.4, 0.5) is 0 Å². The molecule has 2 heteroatoms. The summed E-state index contributed by atoms with van der Waals surface area (Å²) in [5.74, 6) is 0.921. The maximum Gasteiger partial charge on any atom is 0.0312 e. The highest BCUT2D eigenvalue weighted by molar-refractivity contribution is 5.29. The molecule has 1 aromatic rings. The molecule has 0 bridgehead atoms. The SMILES string of the molecule is NC1CCCc2cn(CC3CCCC3)cc21. The number of hydrogen-bond acceptors (Lipinski definition) is 1. The van der Waals surface area contributed by atoms with Crippen LogP contribution >= 0.6 is 0 Å². The number of aryl methyl sites for hydroxylation is 1. The maximum atomic E-state index is 6.15. The lowest BCUT2D eigenvalue weighted by atomic mass is 9.92. The van der Waals surface area contributed by atoms with Gasteiger partial charge >= 0.3 is 0 Å². The summed E-state index contributed by atoms with van der Waals surface area (Å²) >= 11 is 0. The summed E-state index contributed by atoms with van der Waals surface area (Å²) in [7, 11) is 0. The van der Waals surface area contributed by atoms with Crippen LogP contribution in [0.25, 0.3) is 0 Å². The van der Waals surface area contributed by atoms with E-state index >= 15 is 0 Å². The molecule has 3 rings (SSSR count). The molecule has 1 unspecified atom stereocenters. The van der Waals surface area contributed by atoms with Crippen LogP contribution in [0.1, 0.15) is 55.7 Å². The number of rotatable bonds is 2. The Balaban J connectivity index is 1.75. The third-order valence-corrected chi connectivity index (χ3v) is 4.30. The van der Waals surface area contributed by atoms with Crippen molar-refractivity contribution in [3.8, 4) is 0 Å². The second-order valence-corrected chi connectivity index (χ2v) is 5.58. The second-order valence-electron chi connectivity index (χ2n) is 5.58. The van der Waals surface area contributed by atoms with Gasteiger partial charge in [-0.25, -0.2) is 0 Å². The molecule has 0 radical (unpaired) electrons. The third kappa shape index (κ3) is 1.91. The van der Waals surface area contributed by atoms with Gasteiger partial charge in [-0.05, 0) is 49.1 Å². The molecular formula is C14H22N2. The highest BCUT2D eigenvalue weighted by Gasteiger charge is 2.20. The molecule has 2 nitrogen and oxygen atoms in total. The largest absolute Gasteiger partial charge is 0.353 e. The van der Waals surface area contributed by atoms with Gasteiger partial charge in [-0.1, -0.05) is 12.8 Å². The van der Waals surface area contributed by atoms with E-state index in [-0.39, 0.29) is 0 Å². The molecule has 0 spiro atoms. The van der Waals surface area contributed by atoms with Crippen LogP contribution in [0, 0.1) is 5.92 Å². The smallest absolute Gasteiger partial charge is 0.0312 e. The summed E-state index contributed by atoms with van der Waals surface area (Å²) in [6.07, 6.45) is 14.1. The summed E-state index contributed by atoms with van der Waals surface area (Å²) < 4.78 is 2.41. The van der Waals surface area contributed by atoms with Gasteiger partial charge in [-0.15, -0.1) is 0 Å². The van der Waals surface area contributed by atoms with Crippen molar-refractivity contribution >= 4 is 0 Å². The molecule has 0 aromatic carbocycles. The van der Waals surface area contributed by atoms with Gasteiger partial charge in [0.1, 0.15) is 0 Å². The fourth-order valence-electron chi connectivity index (χ4n) is 3.38. The van der Waals surface area contributed by atoms with Gasteiger partial charge in [0.2, 0.25) is 0 Å². The van der Waals surface area contributed by atoms with E-state index in [0.717, 1.165) is 5.92 Å². The van der Waals surface area contributed by atoms with E-state index in [4.69, 9.17) is 5.73 Å². The number of nitrogens with zero attached hydrogens (tertiary/aromatic N) is 1. The maximum absolute atomic E-state index is 6.15. The molecular weight excluding hydrogens is 196 g/mol. The van der Waals surface area contributed by atoms with E-state index in [9.17, 15) is 0 Å². The molecule has 1 saturated carbocycles. The predicted molar refractivity (Wildman–Crippen MR) is 66.3 cm³/mol. The van der Waals surface area contributed by atoms with Crippen LogP contribution in [0.2, 0.25) is 0 Å². The Kier molecular flexibility index (Phi) is 2.76. The van der Waals surface area contributed by atoms with Crippen LogP contribution in [0.3, 0.4) is 0 Å². The first-order valence-corrected chi connectivity index (χ1v) is 6.77. The second kappa shape index (κ2) is 4.25. The van der Waals surface area contributed by atoms with E-state index in [1.165, 1.54) is 62.6 Å². The van der Waals surface area contributed by atoms with Gasteiger partial charge in [-0.2, -0.15) is 0 Å². The monoisotopic (exact) mass is 218 g/mol. The van der Waals surface area contributed by atoms with Gasteiger partial charge in [-0.3, -0.25) is 0 Å². The lowest BCUT2D eigenvalue weighted by Crippen LogP contribution is -2.15. The number of fused-ring (bicyclic) bond motifs is 1. The van der Waals surface area contributed by atoms with Gasteiger partial charge in [0.15, 0.2) is 0 Å². The zero-order chi connectivity index (χ0) is 11.0. The van der Waals surface area contributed by atoms with Crippen molar-refractivity contribution in [3.05, 3.63) is 23.5 Å². The lowest BCUT2D eigenvalue weighted by Gasteiger charge is -2.17. The molecule has 1 fully saturated rings. The van der Waals surface area contributed by atoms with E-state index < -0.39 is 0 Å². The average molecular weight is 218 g/mol. The molecule has 2 N–H and O–H groups in total. The van der Waals surface area contributed by atoms with Crippen molar-refractivity contribution in [3.63, 3.8) is 0 Å². The van der Waals surface area contributed by atoms with E-state index in [1.807, 2.05) is 0 Å². The highest BCUT2D eigenvalue weighted by Crippen LogP contribution is 2.31. The first-order chi connectivity index (χ1) is 7.83. The number of nitrogens with two attached hydrogens (primary N) is 1. The molecule has 2 aliphatic rings. The zero-order valence-electron chi connectivity index (χ0n) is 9.99. The number of aromatic nitrogens is 1. The Morgan fingerprint density at radius 2 is 1.94 bits per heavy atom. The van der Waals surface area contributed by atoms with Crippen LogP contribution in [0.15, 0.2) is 12.4 Å². The molecule has 88 valence electrons. The summed E-state index contributed by atoms with van der Waals surface area (Å²) in [6.45, 7) is 1.22. The Morgan fingerprint density at radius 3 is 2.69 bits per heavy atom. The van der Waals surface area contributed by atoms with Crippen LogP contribution in [-0.2, 0) is 13.0 Å². The molecule has 2 aliphatic carbocycles. The molecule has 1 atom stereocenters. The Bertz CT molecular complexity index is 361. The Hall–Kier alpha value is -0.760. The van der Waals surface area contributed by atoms with Crippen molar-refractivity contribution in [1.29, 1.82) is 0 Å². The molecule has 1 heterocycles. The van der Waals surface area contributed by atoms with Gasteiger partial charge < -0.3 is 10.3 Å².